The first-order valence-corrected chi connectivity index (χ1v) is 5.41. The summed E-state index contributed by atoms with van der Waals surface area (Å²) in [5.74, 6) is 2.98. The van der Waals surface area contributed by atoms with Gasteiger partial charge in [-0.15, -0.1) is 0 Å². The molecule has 4 heteroatoms. The van der Waals surface area contributed by atoms with Crippen molar-refractivity contribution in [2.75, 3.05) is 7.11 Å². The van der Waals surface area contributed by atoms with Crippen LogP contribution in [0.2, 0.25) is 0 Å². The molecule has 0 fully saturated rings. The summed E-state index contributed by atoms with van der Waals surface area (Å²) in [5.41, 5.74) is 0. The van der Waals surface area contributed by atoms with Crippen molar-refractivity contribution in [1.82, 2.24) is 0 Å². The molecule has 0 N–H and O–H groups in total. The smallest absolute Gasteiger partial charge is 0.245 e. The van der Waals surface area contributed by atoms with E-state index in [2.05, 4.69) is 11.2 Å². The zero-order valence-corrected chi connectivity index (χ0v) is 8.76. The first kappa shape index (κ1) is 10.6. The van der Waals surface area contributed by atoms with Crippen LogP contribution < -0.4 is 4.74 Å². The largest absolute Gasteiger partial charge is 0.497 e. The van der Waals surface area contributed by atoms with Gasteiger partial charge in [-0.05, 0) is 31.2 Å². The number of ether oxygens (including phenoxy) is 1. The Bertz CT molecular complexity index is 460. The van der Waals surface area contributed by atoms with E-state index in [1.165, 1.54) is 26.2 Å². The van der Waals surface area contributed by atoms with Gasteiger partial charge in [0.2, 0.25) is 9.84 Å². The monoisotopic (exact) mass is 210 g/mol. The highest BCUT2D eigenvalue weighted by molar-refractivity contribution is 7.96. The highest BCUT2D eigenvalue weighted by Gasteiger charge is 2.09. The Morgan fingerprint density at radius 1 is 1.21 bits per heavy atom. The van der Waals surface area contributed by atoms with E-state index in [0.29, 0.717) is 5.75 Å². The normalized spacial score (nSPS) is 10.1. The summed E-state index contributed by atoms with van der Waals surface area (Å²) in [7, 11) is -1.93. The molecule has 0 spiro atoms. The van der Waals surface area contributed by atoms with Crippen molar-refractivity contribution in [3.05, 3.63) is 24.3 Å². The topological polar surface area (TPSA) is 43.4 Å². The van der Waals surface area contributed by atoms with Crippen LogP contribution in [0.3, 0.4) is 0 Å². The molecule has 0 atom stereocenters. The van der Waals surface area contributed by atoms with Crippen LogP contribution in [0.25, 0.3) is 0 Å². The van der Waals surface area contributed by atoms with Gasteiger partial charge in [0.25, 0.3) is 0 Å². The van der Waals surface area contributed by atoms with Crippen LogP contribution in [0.15, 0.2) is 29.2 Å². The minimum absolute atomic E-state index is 0.188. The lowest BCUT2D eigenvalue weighted by Gasteiger charge is -2.00. The molecular formula is C10H10O3S. The zero-order valence-electron chi connectivity index (χ0n) is 7.94. The Morgan fingerprint density at radius 3 is 2.21 bits per heavy atom. The van der Waals surface area contributed by atoms with E-state index in [1.54, 1.807) is 12.1 Å². The van der Waals surface area contributed by atoms with Gasteiger partial charge in [-0.2, -0.15) is 0 Å². The van der Waals surface area contributed by atoms with Gasteiger partial charge in [-0.25, -0.2) is 8.42 Å². The van der Waals surface area contributed by atoms with Gasteiger partial charge in [0.15, 0.2) is 0 Å². The second-order valence-corrected chi connectivity index (χ2v) is 4.21. The van der Waals surface area contributed by atoms with Crippen molar-refractivity contribution in [3.63, 3.8) is 0 Å². The molecule has 0 aliphatic rings. The van der Waals surface area contributed by atoms with Crippen LogP contribution >= 0.6 is 0 Å². The Labute approximate surface area is 83.6 Å². The number of sulfone groups is 1. The maximum Gasteiger partial charge on any atom is 0.245 e. The molecular weight excluding hydrogens is 200 g/mol. The molecule has 3 nitrogen and oxygen atoms in total. The van der Waals surface area contributed by atoms with Gasteiger partial charge in [0.05, 0.1) is 12.0 Å². The molecule has 14 heavy (non-hydrogen) atoms. The molecule has 1 aromatic carbocycles. The lowest BCUT2D eigenvalue weighted by molar-refractivity contribution is 0.414. The summed E-state index contributed by atoms with van der Waals surface area (Å²) in [6.45, 7) is 1.49. The van der Waals surface area contributed by atoms with E-state index >= 15 is 0 Å². The molecule has 74 valence electrons. The average molecular weight is 210 g/mol. The molecule has 1 aromatic rings. The Balaban J connectivity index is 3.14. The Morgan fingerprint density at radius 2 is 1.79 bits per heavy atom. The predicted octanol–water partition coefficient (Wildman–Crippen LogP) is 1.45. The fourth-order valence-electron chi connectivity index (χ4n) is 0.948. The zero-order chi connectivity index (χ0) is 10.6. The third-order valence-corrected chi connectivity index (χ3v) is 2.97. The van der Waals surface area contributed by atoms with Crippen molar-refractivity contribution >= 4 is 9.84 Å². The van der Waals surface area contributed by atoms with E-state index in [4.69, 9.17) is 4.74 Å². The first-order valence-electron chi connectivity index (χ1n) is 3.93. The van der Waals surface area contributed by atoms with E-state index in [0.717, 1.165) is 0 Å². The summed E-state index contributed by atoms with van der Waals surface area (Å²) in [6.07, 6.45) is 0. The van der Waals surface area contributed by atoms with E-state index in [1.807, 2.05) is 0 Å². The standard InChI is InChI=1S/C10H10O3S/c1-3-8-14(11,12)10-6-4-9(13-2)5-7-10/h4-7H,1-2H3. The fourth-order valence-corrected chi connectivity index (χ4v) is 1.83. The number of hydrogen-bond donors (Lipinski definition) is 0. The molecule has 0 saturated carbocycles. The Kier molecular flexibility index (Phi) is 3.15. The van der Waals surface area contributed by atoms with E-state index in [9.17, 15) is 8.42 Å². The van der Waals surface area contributed by atoms with Crippen molar-refractivity contribution in [2.24, 2.45) is 0 Å². The summed E-state index contributed by atoms with van der Waals surface area (Å²) < 4.78 is 27.7. The van der Waals surface area contributed by atoms with Gasteiger partial charge in [0, 0.05) is 5.25 Å². The second-order valence-electron chi connectivity index (χ2n) is 2.53. The third-order valence-electron chi connectivity index (χ3n) is 1.61. The van der Waals surface area contributed by atoms with Crippen LogP contribution in [-0.2, 0) is 9.84 Å². The van der Waals surface area contributed by atoms with Crippen molar-refractivity contribution < 1.29 is 13.2 Å². The number of methoxy groups -OCH3 is 1. The SMILES string of the molecule is CC#CS(=O)(=O)c1ccc(OC)cc1. The van der Waals surface area contributed by atoms with Crippen LogP contribution in [0, 0.1) is 11.2 Å². The van der Waals surface area contributed by atoms with E-state index < -0.39 is 9.84 Å². The number of benzene rings is 1. The molecule has 0 radical (unpaired) electrons. The molecule has 0 aromatic heterocycles. The molecule has 0 bridgehead atoms. The minimum atomic E-state index is -3.45. The summed E-state index contributed by atoms with van der Waals surface area (Å²) in [5, 5.41) is 2.16. The first-order chi connectivity index (χ1) is 6.60. The van der Waals surface area contributed by atoms with Crippen molar-refractivity contribution in [3.8, 4) is 16.9 Å². The van der Waals surface area contributed by atoms with Gasteiger partial charge >= 0.3 is 0 Å². The lowest BCUT2D eigenvalue weighted by atomic mass is 10.3. The van der Waals surface area contributed by atoms with Gasteiger partial charge < -0.3 is 4.74 Å². The summed E-state index contributed by atoms with van der Waals surface area (Å²) >= 11 is 0. The van der Waals surface area contributed by atoms with Gasteiger partial charge in [-0.3, -0.25) is 0 Å². The third kappa shape index (κ3) is 2.27. The van der Waals surface area contributed by atoms with Crippen LogP contribution in [0.4, 0.5) is 0 Å². The molecule has 1 rings (SSSR count). The lowest BCUT2D eigenvalue weighted by Crippen LogP contribution is -1.96. The van der Waals surface area contributed by atoms with Crippen LogP contribution in [0.1, 0.15) is 6.92 Å². The van der Waals surface area contributed by atoms with Crippen molar-refractivity contribution in [1.29, 1.82) is 0 Å². The fraction of sp³-hybridized carbons (Fsp3) is 0.200. The predicted molar refractivity (Wildman–Crippen MR) is 53.6 cm³/mol. The molecule has 0 aliphatic heterocycles. The number of rotatable bonds is 2. The maximum absolute atomic E-state index is 11.4. The molecule has 0 saturated heterocycles. The second kappa shape index (κ2) is 4.16. The quantitative estimate of drug-likeness (QED) is 0.548. The molecule has 0 amide bonds. The minimum Gasteiger partial charge on any atom is -0.497 e. The van der Waals surface area contributed by atoms with Crippen LogP contribution in [0.5, 0.6) is 5.75 Å². The highest BCUT2D eigenvalue weighted by Crippen LogP contribution is 2.15. The summed E-state index contributed by atoms with van der Waals surface area (Å²) in [4.78, 5) is 0.188. The summed E-state index contributed by atoms with van der Waals surface area (Å²) in [6, 6.07) is 6.12. The molecule has 0 heterocycles. The molecule has 0 aliphatic carbocycles. The van der Waals surface area contributed by atoms with Crippen LogP contribution in [-0.4, -0.2) is 15.5 Å². The maximum atomic E-state index is 11.4. The van der Waals surface area contributed by atoms with E-state index in [-0.39, 0.29) is 4.90 Å². The van der Waals surface area contributed by atoms with Gasteiger partial charge in [0.1, 0.15) is 5.75 Å². The number of hydrogen-bond acceptors (Lipinski definition) is 3. The van der Waals surface area contributed by atoms with Crippen molar-refractivity contribution in [2.45, 2.75) is 11.8 Å². The average Bonchev–Trinajstić information content (AvgIpc) is 2.18. The Hall–Kier alpha value is -1.47. The molecule has 0 unspecified atom stereocenters. The highest BCUT2D eigenvalue weighted by atomic mass is 32.2. The van der Waals surface area contributed by atoms with Gasteiger partial charge in [-0.1, -0.05) is 5.92 Å².